The first-order valence-corrected chi connectivity index (χ1v) is 4.42. The van der Waals surface area contributed by atoms with Crippen LogP contribution >= 0.6 is 0 Å². The number of aryl methyl sites for hydroxylation is 2. The van der Waals surface area contributed by atoms with Crippen LogP contribution in [0.1, 0.15) is 17.5 Å². The van der Waals surface area contributed by atoms with Crippen LogP contribution in [0.3, 0.4) is 0 Å². The van der Waals surface area contributed by atoms with Gasteiger partial charge in [0.1, 0.15) is 0 Å². The fraction of sp³-hybridized carbons (Fsp3) is 0.273. The third kappa shape index (κ3) is 1.39. The average Bonchev–Trinajstić information content (AvgIpc) is 2.18. The normalized spacial score (nSPS) is 14.7. The van der Waals surface area contributed by atoms with E-state index >= 15 is 0 Å². The monoisotopic (exact) mass is 173 g/mol. The quantitative estimate of drug-likeness (QED) is 0.599. The van der Waals surface area contributed by atoms with Gasteiger partial charge in [0.25, 0.3) is 0 Å². The Bertz CT molecular complexity index is 380. The first-order chi connectivity index (χ1) is 6.31. The molecule has 0 saturated heterocycles. The molecule has 1 aliphatic rings. The largest absolute Gasteiger partial charge is 0.297 e. The summed E-state index contributed by atoms with van der Waals surface area (Å²) in [5.74, 6) is 0. The van der Waals surface area contributed by atoms with Crippen LogP contribution in [0.5, 0.6) is 0 Å². The molecule has 0 N–H and O–H groups in total. The summed E-state index contributed by atoms with van der Waals surface area (Å²) in [5, 5.41) is 0. The van der Waals surface area contributed by atoms with Crippen molar-refractivity contribution >= 4 is 17.7 Å². The molecule has 0 unspecified atom stereocenters. The SMILES string of the molecule is Cc1cccc2c1N=C(C=O)CC2. The number of hydrogen-bond acceptors (Lipinski definition) is 2. The molecule has 1 heterocycles. The summed E-state index contributed by atoms with van der Waals surface area (Å²) >= 11 is 0. The average molecular weight is 173 g/mol. The Morgan fingerprint density at radius 1 is 1.38 bits per heavy atom. The van der Waals surface area contributed by atoms with Crippen LogP contribution < -0.4 is 0 Å². The predicted octanol–water partition coefficient (Wildman–Crippen LogP) is 2.21. The van der Waals surface area contributed by atoms with Crippen LogP contribution in [-0.4, -0.2) is 12.0 Å². The van der Waals surface area contributed by atoms with Gasteiger partial charge in [0, 0.05) is 0 Å². The maximum absolute atomic E-state index is 10.6. The highest BCUT2D eigenvalue weighted by Crippen LogP contribution is 2.28. The van der Waals surface area contributed by atoms with E-state index < -0.39 is 0 Å². The van der Waals surface area contributed by atoms with Gasteiger partial charge in [-0.05, 0) is 30.9 Å². The Hall–Kier alpha value is -1.44. The van der Waals surface area contributed by atoms with Crippen LogP contribution in [0.25, 0.3) is 0 Å². The first kappa shape index (κ1) is 8.17. The van der Waals surface area contributed by atoms with Crippen molar-refractivity contribution in [3.05, 3.63) is 29.3 Å². The molecule has 0 radical (unpaired) electrons. The lowest BCUT2D eigenvalue weighted by molar-refractivity contribution is -0.102. The third-order valence-electron chi connectivity index (χ3n) is 2.36. The number of aldehydes is 1. The summed E-state index contributed by atoms with van der Waals surface area (Å²) in [6.45, 7) is 2.02. The first-order valence-electron chi connectivity index (χ1n) is 4.42. The zero-order chi connectivity index (χ0) is 9.26. The molecule has 1 aliphatic heterocycles. The Morgan fingerprint density at radius 2 is 2.23 bits per heavy atom. The van der Waals surface area contributed by atoms with E-state index in [0.717, 1.165) is 30.4 Å². The van der Waals surface area contributed by atoms with Gasteiger partial charge >= 0.3 is 0 Å². The number of carbonyl (C=O) groups is 1. The molecule has 2 heteroatoms. The minimum Gasteiger partial charge on any atom is -0.297 e. The van der Waals surface area contributed by atoms with Crippen molar-refractivity contribution in [1.29, 1.82) is 0 Å². The highest BCUT2D eigenvalue weighted by molar-refractivity contribution is 6.29. The van der Waals surface area contributed by atoms with Gasteiger partial charge in [0.15, 0.2) is 6.29 Å². The van der Waals surface area contributed by atoms with Crippen LogP contribution in [-0.2, 0) is 11.2 Å². The van der Waals surface area contributed by atoms with Crippen molar-refractivity contribution in [2.24, 2.45) is 4.99 Å². The fourth-order valence-corrected chi connectivity index (χ4v) is 1.63. The second-order valence-electron chi connectivity index (χ2n) is 3.30. The van der Waals surface area contributed by atoms with E-state index in [2.05, 4.69) is 11.1 Å². The van der Waals surface area contributed by atoms with E-state index in [1.807, 2.05) is 19.1 Å². The molecule has 1 aromatic rings. The number of carbonyl (C=O) groups excluding carboxylic acids is 1. The Labute approximate surface area is 77.3 Å². The minimum atomic E-state index is 0.668. The van der Waals surface area contributed by atoms with Crippen molar-refractivity contribution in [2.75, 3.05) is 0 Å². The molecule has 13 heavy (non-hydrogen) atoms. The standard InChI is InChI=1S/C11H11NO/c1-8-3-2-4-9-5-6-10(7-13)12-11(8)9/h2-4,7H,5-6H2,1H3. The van der Waals surface area contributed by atoms with Crippen molar-refractivity contribution in [2.45, 2.75) is 19.8 Å². The van der Waals surface area contributed by atoms with Crippen molar-refractivity contribution in [1.82, 2.24) is 0 Å². The summed E-state index contributed by atoms with van der Waals surface area (Å²) in [7, 11) is 0. The molecule has 66 valence electrons. The summed E-state index contributed by atoms with van der Waals surface area (Å²) in [4.78, 5) is 14.9. The van der Waals surface area contributed by atoms with E-state index in [1.54, 1.807) is 0 Å². The van der Waals surface area contributed by atoms with Crippen LogP contribution in [0.2, 0.25) is 0 Å². The smallest absolute Gasteiger partial charge is 0.164 e. The highest BCUT2D eigenvalue weighted by Gasteiger charge is 2.12. The fourth-order valence-electron chi connectivity index (χ4n) is 1.63. The molecule has 0 amide bonds. The van der Waals surface area contributed by atoms with Gasteiger partial charge in [-0.3, -0.25) is 4.79 Å². The number of aliphatic imine (C=N–C) groups is 1. The Morgan fingerprint density at radius 3 is 3.00 bits per heavy atom. The maximum Gasteiger partial charge on any atom is 0.164 e. The van der Waals surface area contributed by atoms with Gasteiger partial charge in [-0.25, -0.2) is 4.99 Å². The summed E-state index contributed by atoms with van der Waals surface area (Å²) in [6.07, 6.45) is 2.57. The van der Waals surface area contributed by atoms with Crippen molar-refractivity contribution in [3.8, 4) is 0 Å². The second-order valence-corrected chi connectivity index (χ2v) is 3.30. The minimum absolute atomic E-state index is 0.668. The van der Waals surface area contributed by atoms with Gasteiger partial charge in [0.2, 0.25) is 0 Å². The molecule has 2 rings (SSSR count). The molecule has 0 fully saturated rings. The molecule has 0 bridgehead atoms. The van der Waals surface area contributed by atoms with E-state index in [1.165, 1.54) is 5.56 Å². The van der Waals surface area contributed by atoms with Crippen LogP contribution in [0, 0.1) is 6.92 Å². The lowest BCUT2D eigenvalue weighted by Crippen LogP contribution is -2.07. The zero-order valence-corrected chi connectivity index (χ0v) is 7.58. The Balaban J connectivity index is 2.55. The molecule has 0 saturated carbocycles. The van der Waals surface area contributed by atoms with Gasteiger partial charge in [-0.2, -0.15) is 0 Å². The van der Waals surface area contributed by atoms with Gasteiger partial charge in [0.05, 0.1) is 11.4 Å². The van der Waals surface area contributed by atoms with E-state index in [-0.39, 0.29) is 0 Å². The third-order valence-corrected chi connectivity index (χ3v) is 2.36. The van der Waals surface area contributed by atoms with Crippen LogP contribution in [0.15, 0.2) is 23.2 Å². The molecule has 1 aromatic carbocycles. The van der Waals surface area contributed by atoms with Gasteiger partial charge < -0.3 is 0 Å². The molecule has 2 nitrogen and oxygen atoms in total. The second kappa shape index (κ2) is 3.13. The molecular weight excluding hydrogens is 162 g/mol. The molecular formula is C11H11NO. The highest BCUT2D eigenvalue weighted by atomic mass is 16.1. The molecule has 0 aromatic heterocycles. The van der Waals surface area contributed by atoms with Gasteiger partial charge in [-0.1, -0.05) is 18.2 Å². The zero-order valence-electron chi connectivity index (χ0n) is 7.58. The maximum atomic E-state index is 10.6. The lowest BCUT2D eigenvalue weighted by atomic mass is 9.99. The van der Waals surface area contributed by atoms with Gasteiger partial charge in [-0.15, -0.1) is 0 Å². The number of para-hydroxylation sites is 1. The molecule has 0 spiro atoms. The molecule has 0 atom stereocenters. The number of fused-ring (bicyclic) bond motifs is 1. The summed E-state index contributed by atoms with van der Waals surface area (Å²) in [5.41, 5.74) is 4.07. The summed E-state index contributed by atoms with van der Waals surface area (Å²) in [6, 6.07) is 6.14. The number of hydrogen-bond donors (Lipinski definition) is 0. The summed E-state index contributed by atoms with van der Waals surface area (Å²) < 4.78 is 0. The van der Waals surface area contributed by atoms with Crippen molar-refractivity contribution < 1.29 is 4.79 Å². The predicted molar refractivity (Wildman–Crippen MR) is 52.7 cm³/mol. The number of nitrogens with zero attached hydrogens (tertiary/aromatic N) is 1. The van der Waals surface area contributed by atoms with E-state index in [4.69, 9.17) is 0 Å². The number of rotatable bonds is 1. The lowest BCUT2D eigenvalue weighted by Gasteiger charge is -2.13. The van der Waals surface area contributed by atoms with E-state index in [0.29, 0.717) is 5.71 Å². The Kier molecular flexibility index (Phi) is 1.97. The van der Waals surface area contributed by atoms with Crippen molar-refractivity contribution in [3.63, 3.8) is 0 Å². The van der Waals surface area contributed by atoms with Crippen LogP contribution in [0.4, 0.5) is 5.69 Å². The number of benzene rings is 1. The topological polar surface area (TPSA) is 29.4 Å². The molecule has 0 aliphatic carbocycles. The van der Waals surface area contributed by atoms with E-state index in [9.17, 15) is 4.79 Å².